The first-order valence-corrected chi connectivity index (χ1v) is 12.8. The van der Waals surface area contributed by atoms with Crippen LogP contribution in [0, 0.1) is 0 Å². The van der Waals surface area contributed by atoms with Crippen LogP contribution in [0.4, 0.5) is 5.69 Å². The molecule has 0 fully saturated rings. The summed E-state index contributed by atoms with van der Waals surface area (Å²) in [5.74, 6) is -7.24. The van der Waals surface area contributed by atoms with Crippen molar-refractivity contribution in [3.8, 4) is 17.4 Å². The molecule has 0 amide bonds. The van der Waals surface area contributed by atoms with Crippen LogP contribution in [0.25, 0.3) is 22.6 Å². The van der Waals surface area contributed by atoms with Crippen LogP contribution in [0.3, 0.4) is 0 Å². The van der Waals surface area contributed by atoms with Gasteiger partial charge in [0.1, 0.15) is 24.4 Å². The Kier molecular flexibility index (Phi) is 12.0. The zero-order valence-electron chi connectivity index (χ0n) is 24.4. The molecule has 0 radical (unpaired) electrons. The first kappa shape index (κ1) is 34.4. The number of hydrogen-bond donors (Lipinski definition) is 1. The van der Waals surface area contributed by atoms with Gasteiger partial charge in [0.2, 0.25) is 26.1 Å². The highest BCUT2D eigenvalue weighted by Crippen LogP contribution is 2.37. The van der Waals surface area contributed by atoms with Gasteiger partial charge in [-0.3, -0.25) is 24.0 Å². The van der Waals surface area contributed by atoms with Gasteiger partial charge in [0.25, 0.3) is 5.89 Å². The van der Waals surface area contributed by atoms with E-state index in [4.69, 9.17) is 32.9 Å². The molecule has 0 aliphatic rings. The van der Waals surface area contributed by atoms with Crippen LogP contribution in [0.5, 0.6) is 5.75 Å². The summed E-state index contributed by atoms with van der Waals surface area (Å²) in [6.45, 7) is -0.964. The van der Waals surface area contributed by atoms with Gasteiger partial charge in [-0.1, -0.05) is 0 Å². The van der Waals surface area contributed by atoms with Crippen molar-refractivity contribution < 1.29 is 80.7 Å². The van der Waals surface area contributed by atoms with Crippen LogP contribution in [0.1, 0.15) is 31.3 Å². The van der Waals surface area contributed by atoms with E-state index in [2.05, 4.69) is 19.2 Å². The Morgan fingerprint density at radius 3 is 1.78 bits per heavy atom. The number of anilines is 1. The van der Waals surface area contributed by atoms with Crippen LogP contribution < -0.4 is 9.64 Å². The first-order chi connectivity index (χ1) is 21.8. The molecular weight excluding hydrogens is 624 g/mol. The number of rotatable bonds is 16. The Morgan fingerprint density at radius 1 is 0.739 bits per heavy atom. The number of carboxylic acid groups (broad SMARTS) is 1. The second kappa shape index (κ2) is 16.1. The van der Waals surface area contributed by atoms with E-state index in [-0.39, 0.29) is 28.7 Å². The summed E-state index contributed by atoms with van der Waals surface area (Å²) in [7, 11) is 0. The number of carbonyl (C=O) groups is 7. The molecule has 19 nitrogen and oxygen atoms in total. The smallest absolute Gasteiger partial charge is 0.373 e. The number of esters is 6. The molecule has 0 aliphatic heterocycles. The molecule has 2 aromatic heterocycles. The fourth-order valence-corrected chi connectivity index (χ4v) is 3.35. The molecule has 0 spiro atoms. The summed E-state index contributed by atoms with van der Waals surface area (Å²) < 4.78 is 44.8. The monoisotopic (exact) mass is 650 g/mol. The average molecular weight is 651 g/mol. The van der Waals surface area contributed by atoms with E-state index in [0.717, 1.165) is 31.9 Å². The highest BCUT2D eigenvalue weighted by Gasteiger charge is 2.25. The Bertz CT molecular complexity index is 1590. The van der Waals surface area contributed by atoms with E-state index in [1.165, 1.54) is 18.2 Å². The molecule has 1 N–H and O–H groups in total. The van der Waals surface area contributed by atoms with Gasteiger partial charge in [-0.25, -0.2) is 14.6 Å². The number of aromatic nitrogens is 1. The lowest BCUT2D eigenvalue weighted by Crippen LogP contribution is -2.37. The topological polar surface area (TPSA) is 247 Å². The summed E-state index contributed by atoms with van der Waals surface area (Å²) in [5.41, 5.74) is 0.0464. The summed E-state index contributed by atoms with van der Waals surface area (Å²) >= 11 is 0. The number of carbonyl (C=O) groups excluding carboxylic acids is 6. The van der Waals surface area contributed by atoms with Crippen molar-refractivity contribution in [1.29, 1.82) is 0 Å². The third-order valence-corrected chi connectivity index (χ3v) is 5.30. The van der Waals surface area contributed by atoms with Crippen molar-refractivity contribution in [1.82, 2.24) is 4.98 Å². The maximum atomic E-state index is 12.6. The predicted molar refractivity (Wildman–Crippen MR) is 145 cm³/mol. The predicted octanol–water partition coefficient (Wildman–Crippen LogP) is 1.16. The second-order valence-electron chi connectivity index (χ2n) is 8.76. The number of ether oxygens (including phenoxy) is 7. The third kappa shape index (κ3) is 10.5. The van der Waals surface area contributed by atoms with E-state index < -0.39 is 87.6 Å². The molecule has 0 bridgehead atoms. The van der Waals surface area contributed by atoms with Crippen LogP contribution >= 0.6 is 0 Å². The summed E-state index contributed by atoms with van der Waals surface area (Å²) in [4.78, 5) is 86.7. The molecule has 0 saturated carbocycles. The van der Waals surface area contributed by atoms with Crippen molar-refractivity contribution in [3.63, 3.8) is 0 Å². The molecule has 46 heavy (non-hydrogen) atoms. The van der Waals surface area contributed by atoms with Gasteiger partial charge in [0, 0.05) is 32.2 Å². The molecule has 0 aliphatic carbocycles. The van der Waals surface area contributed by atoms with Gasteiger partial charge in [-0.2, -0.15) is 0 Å². The lowest BCUT2D eigenvalue weighted by molar-refractivity contribution is -0.168. The van der Waals surface area contributed by atoms with Crippen molar-refractivity contribution >= 4 is 58.4 Å². The van der Waals surface area contributed by atoms with Crippen LogP contribution in [-0.2, 0) is 57.2 Å². The average Bonchev–Trinajstić information content (AvgIpc) is 3.62. The molecule has 19 heteroatoms. The minimum atomic E-state index is -1.37. The fourth-order valence-electron chi connectivity index (χ4n) is 3.35. The Balaban J connectivity index is 1.99. The fraction of sp³-hybridized carbons (Fsp3) is 0.333. The van der Waals surface area contributed by atoms with E-state index >= 15 is 0 Å². The van der Waals surface area contributed by atoms with Gasteiger partial charge < -0.3 is 52.0 Å². The molecule has 0 unspecified atom stereocenters. The summed E-state index contributed by atoms with van der Waals surface area (Å²) in [6, 6.07) is 4.06. The number of fused-ring (bicyclic) bond motifs is 1. The largest absolute Gasteiger partial charge is 0.480 e. The summed E-state index contributed by atoms with van der Waals surface area (Å²) in [5, 5.41) is 9.45. The number of aromatic carboxylic acids is 1. The molecule has 1 aromatic carbocycles. The number of nitrogens with zero attached hydrogens (tertiary/aromatic N) is 2. The number of hydrogen-bond acceptors (Lipinski definition) is 18. The summed E-state index contributed by atoms with van der Waals surface area (Å²) in [6.07, 6.45) is 0.969. The van der Waals surface area contributed by atoms with E-state index in [1.54, 1.807) is 0 Å². The molecule has 0 saturated heterocycles. The molecule has 3 rings (SSSR count). The number of furan rings is 1. The minimum Gasteiger partial charge on any atom is -0.480 e. The first-order valence-electron chi connectivity index (χ1n) is 12.8. The maximum absolute atomic E-state index is 12.6. The van der Waals surface area contributed by atoms with E-state index in [9.17, 15) is 33.6 Å². The van der Waals surface area contributed by atoms with Crippen molar-refractivity contribution in [3.05, 3.63) is 30.2 Å². The van der Waals surface area contributed by atoms with Crippen molar-refractivity contribution in [2.45, 2.75) is 20.8 Å². The zero-order valence-corrected chi connectivity index (χ0v) is 24.4. The standard InChI is InChI=1S/C27H26N2O17/c1-14(30)39-11-42-23(33)8-29(9-24(34)43-12-40-15(2)31)18-6-19-17(4-20(18)38-10-25(35)44-13-41-16(3)32)5-21(45-19)26-28-7-22(46-26)27(36)37/h4-7H,8-13H2,1-3H3,(H,36,37). The van der Waals surface area contributed by atoms with Gasteiger partial charge in [-0.15, -0.1) is 0 Å². The van der Waals surface area contributed by atoms with E-state index in [1.807, 2.05) is 0 Å². The second-order valence-corrected chi connectivity index (χ2v) is 8.76. The normalized spacial score (nSPS) is 10.4. The van der Waals surface area contributed by atoms with Crippen molar-refractivity contribution in [2.24, 2.45) is 0 Å². The van der Waals surface area contributed by atoms with Gasteiger partial charge in [0.15, 0.2) is 12.4 Å². The number of carboxylic acids is 1. The van der Waals surface area contributed by atoms with Crippen LogP contribution in [-0.4, -0.2) is 92.0 Å². The molecule has 0 atom stereocenters. The zero-order chi connectivity index (χ0) is 33.8. The Hall–Kier alpha value is -6.14. The lowest BCUT2D eigenvalue weighted by atomic mass is 10.2. The quantitative estimate of drug-likeness (QED) is 0.130. The van der Waals surface area contributed by atoms with Crippen molar-refractivity contribution in [2.75, 3.05) is 45.0 Å². The molecule has 246 valence electrons. The van der Waals surface area contributed by atoms with Crippen LogP contribution in [0.15, 0.2) is 33.2 Å². The number of oxazole rings is 1. The van der Waals surface area contributed by atoms with Gasteiger partial charge in [0.05, 0.1) is 11.9 Å². The lowest BCUT2D eigenvalue weighted by Gasteiger charge is -2.25. The van der Waals surface area contributed by atoms with Gasteiger partial charge >= 0.3 is 41.8 Å². The highest BCUT2D eigenvalue weighted by atomic mass is 16.7. The highest BCUT2D eigenvalue weighted by molar-refractivity contribution is 5.91. The molecular formula is C27H26N2O17. The third-order valence-electron chi connectivity index (χ3n) is 5.30. The molecule has 3 aromatic rings. The molecule has 2 heterocycles. The Morgan fingerprint density at radius 2 is 1.28 bits per heavy atom. The Labute approximate surface area is 257 Å². The van der Waals surface area contributed by atoms with Gasteiger partial charge in [-0.05, 0) is 12.1 Å². The van der Waals surface area contributed by atoms with Crippen LogP contribution in [0.2, 0.25) is 0 Å². The number of benzene rings is 1. The SMILES string of the molecule is CC(=O)OCOC(=O)COc1cc2cc(-c3ncc(C(=O)O)o3)oc2cc1N(CC(=O)OCOC(C)=O)CC(=O)OCOC(C)=O. The van der Waals surface area contributed by atoms with E-state index in [0.29, 0.717) is 5.39 Å². The minimum absolute atomic E-state index is 0.0143. The maximum Gasteiger partial charge on any atom is 0.373 e.